The molecule has 0 atom stereocenters. The van der Waals surface area contributed by atoms with Crippen LogP contribution in [0, 0.1) is 17.0 Å². The van der Waals surface area contributed by atoms with Crippen LogP contribution in [-0.2, 0) is 20.9 Å². The van der Waals surface area contributed by atoms with Gasteiger partial charge in [-0.1, -0.05) is 24.3 Å². The van der Waals surface area contributed by atoms with Gasteiger partial charge in [-0.3, -0.25) is 19.7 Å². The zero-order valence-corrected chi connectivity index (χ0v) is 17.4. The molecule has 0 spiro atoms. The molecule has 0 aliphatic rings. The van der Waals surface area contributed by atoms with E-state index in [1.165, 1.54) is 24.3 Å². The summed E-state index contributed by atoms with van der Waals surface area (Å²) in [5.74, 6) is 0.214. The van der Waals surface area contributed by atoms with Gasteiger partial charge in [0.15, 0.2) is 0 Å². The molecule has 1 amide bonds. The molecule has 0 heterocycles. The molecule has 0 aliphatic heterocycles. The van der Waals surface area contributed by atoms with E-state index in [1.807, 2.05) is 25.1 Å². The first kappa shape index (κ1) is 22.5. The lowest BCUT2D eigenvalue weighted by molar-refractivity contribution is -0.384. The zero-order valence-electron chi connectivity index (χ0n) is 17.4. The fraction of sp³-hybridized carbons (Fsp3) is 0.167. The van der Waals surface area contributed by atoms with Crippen molar-refractivity contribution in [3.05, 3.63) is 94.0 Å². The van der Waals surface area contributed by atoms with E-state index in [0.717, 1.165) is 5.56 Å². The van der Waals surface area contributed by atoms with Gasteiger partial charge in [0.1, 0.15) is 18.1 Å². The molecule has 164 valence electrons. The fourth-order valence-electron chi connectivity index (χ4n) is 2.87. The number of rotatable bonds is 9. The minimum atomic E-state index is -0.481. The van der Waals surface area contributed by atoms with Crippen LogP contribution in [-0.4, -0.2) is 16.8 Å². The van der Waals surface area contributed by atoms with E-state index in [2.05, 4.69) is 5.32 Å². The van der Waals surface area contributed by atoms with E-state index in [4.69, 9.17) is 9.47 Å². The molecule has 8 nitrogen and oxygen atoms in total. The van der Waals surface area contributed by atoms with Crippen LogP contribution in [0.4, 0.5) is 11.4 Å². The van der Waals surface area contributed by atoms with E-state index < -0.39 is 10.9 Å². The maximum absolute atomic E-state index is 12.0. The van der Waals surface area contributed by atoms with Crippen molar-refractivity contribution in [1.82, 2.24) is 0 Å². The second kappa shape index (κ2) is 10.7. The monoisotopic (exact) mass is 434 g/mol. The SMILES string of the molecule is Cc1cccc(NC(=O)CCC(=O)OCc2cccc(Oc3ccc([N+](=O)[O-])cc3)c2)c1. The first-order valence-electron chi connectivity index (χ1n) is 9.92. The topological polar surface area (TPSA) is 108 Å². The predicted molar refractivity (Wildman–Crippen MR) is 118 cm³/mol. The van der Waals surface area contributed by atoms with Crippen LogP contribution in [0.25, 0.3) is 0 Å². The van der Waals surface area contributed by atoms with Crippen LogP contribution in [0.1, 0.15) is 24.0 Å². The highest BCUT2D eigenvalue weighted by atomic mass is 16.6. The number of carbonyl (C=O) groups is 2. The Labute approximate surface area is 184 Å². The number of carbonyl (C=O) groups excluding carboxylic acids is 2. The molecular formula is C24H22N2O6. The van der Waals surface area contributed by atoms with Crippen molar-refractivity contribution < 1.29 is 24.0 Å². The van der Waals surface area contributed by atoms with Gasteiger partial charge in [-0.25, -0.2) is 0 Å². The van der Waals surface area contributed by atoms with Gasteiger partial charge >= 0.3 is 5.97 Å². The average molecular weight is 434 g/mol. The number of hydrogen-bond donors (Lipinski definition) is 1. The lowest BCUT2D eigenvalue weighted by Gasteiger charge is -2.09. The normalized spacial score (nSPS) is 10.3. The van der Waals surface area contributed by atoms with Crippen LogP contribution >= 0.6 is 0 Å². The lowest BCUT2D eigenvalue weighted by Crippen LogP contribution is -2.14. The Hall–Kier alpha value is -4.20. The third kappa shape index (κ3) is 6.94. The number of esters is 1. The summed E-state index contributed by atoms with van der Waals surface area (Å²) in [5, 5.41) is 13.5. The highest BCUT2D eigenvalue weighted by molar-refractivity contribution is 5.92. The number of amides is 1. The molecule has 0 aliphatic carbocycles. The molecule has 0 aromatic heterocycles. The van der Waals surface area contributed by atoms with Gasteiger partial charge in [0.25, 0.3) is 5.69 Å². The number of ether oxygens (including phenoxy) is 2. The molecule has 0 unspecified atom stereocenters. The summed E-state index contributed by atoms with van der Waals surface area (Å²) in [6, 6.07) is 20.1. The number of benzene rings is 3. The van der Waals surface area contributed by atoms with Crippen molar-refractivity contribution in [2.75, 3.05) is 5.32 Å². The summed E-state index contributed by atoms with van der Waals surface area (Å²) >= 11 is 0. The lowest BCUT2D eigenvalue weighted by atomic mass is 10.2. The van der Waals surface area contributed by atoms with Crippen LogP contribution in [0.5, 0.6) is 11.5 Å². The third-order valence-corrected chi connectivity index (χ3v) is 4.44. The van der Waals surface area contributed by atoms with Crippen LogP contribution in [0.15, 0.2) is 72.8 Å². The highest BCUT2D eigenvalue weighted by Gasteiger charge is 2.10. The molecular weight excluding hydrogens is 412 g/mol. The van der Waals surface area contributed by atoms with Gasteiger partial charge in [0.2, 0.25) is 5.91 Å². The molecule has 1 N–H and O–H groups in total. The largest absolute Gasteiger partial charge is 0.461 e. The number of non-ortho nitro benzene ring substituents is 1. The molecule has 0 bridgehead atoms. The van der Waals surface area contributed by atoms with Gasteiger partial charge in [0.05, 0.1) is 11.3 Å². The Balaban J connectivity index is 1.45. The van der Waals surface area contributed by atoms with Crippen molar-refractivity contribution in [3.63, 3.8) is 0 Å². The molecule has 32 heavy (non-hydrogen) atoms. The van der Waals surface area contributed by atoms with Gasteiger partial charge < -0.3 is 14.8 Å². The Morgan fingerprint density at radius 3 is 2.41 bits per heavy atom. The van der Waals surface area contributed by atoms with E-state index >= 15 is 0 Å². The second-order valence-corrected chi connectivity index (χ2v) is 7.08. The quantitative estimate of drug-likeness (QED) is 0.283. The molecule has 3 aromatic rings. The standard InChI is InChI=1S/C24H22N2O6/c1-17-4-2-6-19(14-17)25-23(27)12-13-24(28)31-16-18-5-3-7-22(15-18)32-21-10-8-20(9-11-21)26(29)30/h2-11,14-15H,12-13,16H2,1H3,(H,25,27). The number of anilines is 1. The van der Waals surface area contributed by atoms with Crippen LogP contribution < -0.4 is 10.1 Å². The molecule has 3 rings (SSSR count). The van der Waals surface area contributed by atoms with Gasteiger partial charge in [0, 0.05) is 24.2 Å². The number of nitro groups is 1. The number of nitrogens with one attached hydrogen (secondary N) is 1. The van der Waals surface area contributed by atoms with Gasteiger partial charge in [-0.05, 0) is 54.4 Å². The fourth-order valence-corrected chi connectivity index (χ4v) is 2.87. The minimum absolute atomic E-state index is 0.0226. The molecule has 0 radical (unpaired) electrons. The Morgan fingerprint density at radius 1 is 0.938 bits per heavy atom. The summed E-state index contributed by atoms with van der Waals surface area (Å²) < 4.78 is 10.9. The summed E-state index contributed by atoms with van der Waals surface area (Å²) in [6.07, 6.45) is -0.00724. The molecule has 3 aromatic carbocycles. The summed E-state index contributed by atoms with van der Waals surface area (Å²) in [5.41, 5.74) is 2.41. The number of aryl methyl sites for hydroxylation is 1. The van der Waals surface area contributed by atoms with Crippen molar-refractivity contribution in [3.8, 4) is 11.5 Å². The van der Waals surface area contributed by atoms with Crippen molar-refractivity contribution in [1.29, 1.82) is 0 Å². The predicted octanol–water partition coefficient (Wildman–Crippen LogP) is 5.16. The van der Waals surface area contributed by atoms with Crippen LogP contribution in [0.3, 0.4) is 0 Å². The summed E-state index contributed by atoms with van der Waals surface area (Å²) in [4.78, 5) is 34.2. The number of nitro benzene ring substituents is 1. The first-order valence-corrected chi connectivity index (χ1v) is 9.92. The van der Waals surface area contributed by atoms with Crippen molar-refractivity contribution in [2.45, 2.75) is 26.4 Å². The van der Waals surface area contributed by atoms with E-state index in [0.29, 0.717) is 22.7 Å². The Morgan fingerprint density at radius 2 is 1.69 bits per heavy atom. The molecule has 0 fully saturated rings. The smallest absolute Gasteiger partial charge is 0.306 e. The molecule has 0 saturated carbocycles. The molecule has 8 heteroatoms. The number of hydrogen-bond acceptors (Lipinski definition) is 6. The van der Waals surface area contributed by atoms with Gasteiger partial charge in [-0.15, -0.1) is 0 Å². The Bertz CT molecular complexity index is 1110. The van der Waals surface area contributed by atoms with Crippen LogP contribution in [0.2, 0.25) is 0 Å². The van der Waals surface area contributed by atoms with E-state index in [9.17, 15) is 19.7 Å². The highest BCUT2D eigenvalue weighted by Crippen LogP contribution is 2.24. The third-order valence-electron chi connectivity index (χ3n) is 4.44. The maximum Gasteiger partial charge on any atom is 0.306 e. The van der Waals surface area contributed by atoms with Crippen molar-refractivity contribution >= 4 is 23.3 Å². The zero-order chi connectivity index (χ0) is 22.9. The van der Waals surface area contributed by atoms with E-state index in [1.54, 1.807) is 30.3 Å². The summed E-state index contributed by atoms with van der Waals surface area (Å²) in [7, 11) is 0. The van der Waals surface area contributed by atoms with Gasteiger partial charge in [-0.2, -0.15) is 0 Å². The summed E-state index contributed by atoms with van der Waals surface area (Å²) in [6.45, 7) is 1.97. The number of nitrogens with zero attached hydrogens (tertiary/aromatic N) is 1. The van der Waals surface area contributed by atoms with E-state index in [-0.39, 0.29) is 31.0 Å². The Kier molecular flexibility index (Phi) is 7.53. The maximum atomic E-state index is 12.0. The minimum Gasteiger partial charge on any atom is -0.461 e. The first-order chi connectivity index (χ1) is 15.4. The average Bonchev–Trinajstić information content (AvgIpc) is 2.77. The second-order valence-electron chi connectivity index (χ2n) is 7.08. The van der Waals surface area contributed by atoms with Crippen molar-refractivity contribution in [2.24, 2.45) is 0 Å². The molecule has 0 saturated heterocycles.